The fraction of sp³-hybridized carbons (Fsp3) is 0.167. The molecular formula is C12H12N6O3. The van der Waals surface area contributed by atoms with E-state index in [0.717, 1.165) is 6.20 Å². The highest BCUT2D eigenvalue weighted by Crippen LogP contribution is 2.21. The van der Waals surface area contributed by atoms with Crippen molar-refractivity contribution in [2.75, 3.05) is 17.2 Å². The van der Waals surface area contributed by atoms with Gasteiger partial charge in [-0.05, 0) is 19.1 Å². The molecule has 0 bridgehead atoms. The fourth-order valence-corrected chi connectivity index (χ4v) is 1.61. The summed E-state index contributed by atoms with van der Waals surface area (Å²) in [6, 6.07) is 4.45. The molecular weight excluding hydrogens is 276 g/mol. The van der Waals surface area contributed by atoms with E-state index in [2.05, 4.69) is 25.8 Å². The third-order valence-electron chi connectivity index (χ3n) is 2.50. The summed E-state index contributed by atoms with van der Waals surface area (Å²) in [5, 5.41) is 23.6. The van der Waals surface area contributed by atoms with Crippen molar-refractivity contribution in [3.8, 4) is 0 Å². The van der Waals surface area contributed by atoms with E-state index >= 15 is 0 Å². The first-order valence-corrected chi connectivity index (χ1v) is 6.09. The van der Waals surface area contributed by atoms with Gasteiger partial charge in [0.25, 0.3) is 11.6 Å². The Morgan fingerprint density at radius 2 is 2.24 bits per heavy atom. The van der Waals surface area contributed by atoms with Gasteiger partial charge >= 0.3 is 0 Å². The highest BCUT2D eigenvalue weighted by molar-refractivity contribution is 6.06. The van der Waals surface area contributed by atoms with E-state index in [9.17, 15) is 14.9 Å². The van der Waals surface area contributed by atoms with Crippen LogP contribution in [0.2, 0.25) is 0 Å². The number of nitrogens with zero attached hydrogens (tertiary/aromatic N) is 4. The molecule has 21 heavy (non-hydrogen) atoms. The third-order valence-corrected chi connectivity index (χ3v) is 2.50. The molecule has 0 aliphatic heterocycles. The zero-order chi connectivity index (χ0) is 15.2. The first-order chi connectivity index (χ1) is 10.1. The predicted octanol–water partition coefficient (Wildman–Crippen LogP) is 1.46. The van der Waals surface area contributed by atoms with E-state index in [0.29, 0.717) is 12.4 Å². The fourth-order valence-electron chi connectivity index (χ4n) is 1.61. The van der Waals surface area contributed by atoms with Crippen molar-refractivity contribution >= 4 is 23.2 Å². The largest absolute Gasteiger partial charge is 0.370 e. The molecule has 0 fully saturated rings. The average Bonchev–Trinajstić information content (AvgIpc) is 2.48. The summed E-state index contributed by atoms with van der Waals surface area (Å²) >= 11 is 0. The normalized spacial score (nSPS) is 9.95. The van der Waals surface area contributed by atoms with Gasteiger partial charge < -0.3 is 10.6 Å². The van der Waals surface area contributed by atoms with Gasteiger partial charge in [0.1, 0.15) is 17.6 Å². The van der Waals surface area contributed by atoms with Gasteiger partial charge in [-0.25, -0.2) is 4.98 Å². The van der Waals surface area contributed by atoms with Crippen LogP contribution in [-0.2, 0) is 0 Å². The van der Waals surface area contributed by atoms with Gasteiger partial charge in [0.2, 0.25) is 0 Å². The van der Waals surface area contributed by atoms with Crippen LogP contribution in [-0.4, -0.2) is 32.6 Å². The molecule has 0 spiro atoms. The second-order valence-electron chi connectivity index (χ2n) is 3.94. The maximum atomic E-state index is 12.2. The highest BCUT2D eigenvalue weighted by Gasteiger charge is 2.22. The molecule has 2 heterocycles. The molecule has 0 unspecified atom stereocenters. The number of carbonyl (C=O) groups is 1. The monoisotopic (exact) mass is 288 g/mol. The number of aromatic nitrogens is 3. The number of nitro groups is 1. The molecule has 1 amide bonds. The van der Waals surface area contributed by atoms with E-state index < -0.39 is 10.8 Å². The van der Waals surface area contributed by atoms with Gasteiger partial charge in [-0.3, -0.25) is 14.9 Å². The predicted molar refractivity (Wildman–Crippen MR) is 75.0 cm³/mol. The maximum absolute atomic E-state index is 12.2. The lowest BCUT2D eigenvalue weighted by Crippen LogP contribution is -2.16. The standard InChI is InChI=1S/C12H12N6O3/c1-2-13-11-6-8(9(7-14-11)18(20)21)12(19)16-10-4-3-5-15-17-10/h3-7H,2H2,1H3,(H,13,14)(H,16,17,19). The van der Waals surface area contributed by atoms with Crippen molar-refractivity contribution < 1.29 is 9.72 Å². The number of rotatable bonds is 5. The van der Waals surface area contributed by atoms with Crippen molar-refractivity contribution in [1.82, 2.24) is 15.2 Å². The van der Waals surface area contributed by atoms with E-state index in [1.165, 1.54) is 18.3 Å². The van der Waals surface area contributed by atoms with Crippen LogP contribution in [0.4, 0.5) is 17.3 Å². The van der Waals surface area contributed by atoms with Gasteiger partial charge in [0, 0.05) is 18.8 Å². The molecule has 0 atom stereocenters. The number of nitrogens with one attached hydrogen (secondary N) is 2. The van der Waals surface area contributed by atoms with Crippen LogP contribution in [0.5, 0.6) is 0 Å². The number of hydrogen-bond donors (Lipinski definition) is 2. The topological polar surface area (TPSA) is 123 Å². The van der Waals surface area contributed by atoms with Gasteiger partial charge in [-0.1, -0.05) is 0 Å². The number of hydrogen-bond acceptors (Lipinski definition) is 7. The first kappa shape index (κ1) is 14.3. The molecule has 0 aromatic carbocycles. The van der Waals surface area contributed by atoms with Crippen molar-refractivity contribution in [3.05, 3.63) is 46.3 Å². The molecule has 2 aromatic heterocycles. The summed E-state index contributed by atoms with van der Waals surface area (Å²) in [6.45, 7) is 2.43. The maximum Gasteiger partial charge on any atom is 0.300 e. The Morgan fingerprint density at radius 3 is 2.86 bits per heavy atom. The highest BCUT2D eigenvalue weighted by atomic mass is 16.6. The second-order valence-corrected chi connectivity index (χ2v) is 3.94. The van der Waals surface area contributed by atoms with Crippen LogP contribution in [0.25, 0.3) is 0 Å². The minimum Gasteiger partial charge on any atom is -0.370 e. The van der Waals surface area contributed by atoms with Crippen LogP contribution in [0.3, 0.4) is 0 Å². The summed E-state index contributed by atoms with van der Waals surface area (Å²) in [5.41, 5.74) is -0.477. The summed E-state index contributed by atoms with van der Waals surface area (Å²) in [7, 11) is 0. The smallest absolute Gasteiger partial charge is 0.300 e. The molecule has 0 aliphatic carbocycles. The minimum absolute atomic E-state index is 0.100. The molecule has 9 nitrogen and oxygen atoms in total. The number of carbonyl (C=O) groups excluding carboxylic acids is 1. The Morgan fingerprint density at radius 1 is 1.43 bits per heavy atom. The van der Waals surface area contributed by atoms with Gasteiger partial charge in [-0.15, -0.1) is 5.10 Å². The first-order valence-electron chi connectivity index (χ1n) is 6.09. The van der Waals surface area contributed by atoms with Crippen LogP contribution in [0.15, 0.2) is 30.6 Å². The summed E-state index contributed by atoms with van der Waals surface area (Å²) in [6.07, 6.45) is 2.50. The quantitative estimate of drug-likeness (QED) is 0.630. The van der Waals surface area contributed by atoms with Crippen molar-refractivity contribution in [2.45, 2.75) is 6.92 Å². The van der Waals surface area contributed by atoms with Crippen LogP contribution < -0.4 is 10.6 Å². The molecule has 2 N–H and O–H groups in total. The molecule has 0 radical (unpaired) electrons. The Hall–Kier alpha value is -3.10. The van der Waals surface area contributed by atoms with Gasteiger partial charge in [-0.2, -0.15) is 5.10 Å². The Balaban J connectivity index is 2.33. The summed E-state index contributed by atoms with van der Waals surface area (Å²) in [4.78, 5) is 26.4. The Kier molecular flexibility index (Phi) is 4.34. The lowest BCUT2D eigenvalue weighted by Gasteiger charge is -2.07. The van der Waals surface area contributed by atoms with E-state index in [1.54, 1.807) is 6.07 Å². The molecule has 2 rings (SSSR count). The molecule has 108 valence electrons. The number of amides is 1. The van der Waals surface area contributed by atoms with Gasteiger partial charge in [0.15, 0.2) is 5.82 Å². The molecule has 9 heteroatoms. The molecule has 2 aromatic rings. The number of pyridine rings is 1. The third kappa shape index (κ3) is 3.47. The Labute approximate surface area is 119 Å². The van der Waals surface area contributed by atoms with E-state index in [-0.39, 0.29) is 17.1 Å². The van der Waals surface area contributed by atoms with Crippen molar-refractivity contribution in [1.29, 1.82) is 0 Å². The van der Waals surface area contributed by atoms with Crippen LogP contribution in [0, 0.1) is 10.1 Å². The lowest BCUT2D eigenvalue weighted by atomic mass is 10.2. The molecule has 0 saturated carbocycles. The lowest BCUT2D eigenvalue weighted by molar-refractivity contribution is -0.385. The Bertz CT molecular complexity index is 661. The summed E-state index contributed by atoms with van der Waals surface area (Å²) < 4.78 is 0. The minimum atomic E-state index is -0.658. The van der Waals surface area contributed by atoms with E-state index in [1.807, 2.05) is 6.92 Å². The molecule has 0 aliphatic rings. The van der Waals surface area contributed by atoms with Crippen LogP contribution in [0.1, 0.15) is 17.3 Å². The van der Waals surface area contributed by atoms with E-state index in [4.69, 9.17) is 0 Å². The zero-order valence-corrected chi connectivity index (χ0v) is 11.1. The van der Waals surface area contributed by atoms with Crippen LogP contribution >= 0.6 is 0 Å². The van der Waals surface area contributed by atoms with Crippen molar-refractivity contribution in [3.63, 3.8) is 0 Å². The van der Waals surface area contributed by atoms with Crippen molar-refractivity contribution in [2.24, 2.45) is 0 Å². The molecule has 0 saturated heterocycles. The summed E-state index contributed by atoms with van der Waals surface area (Å²) in [5.74, 6) is -0.0604. The average molecular weight is 288 g/mol. The van der Waals surface area contributed by atoms with Gasteiger partial charge in [0.05, 0.1) is 4.92 Å². The zero-order valence-electron chi connectivity index (χ0n) is 11.1. The number of anilines is 2. The second kappa shape index (κ2) is 6.37. The SMILES string of the molecule is CCNc1cc(C(=O)Nc2cccnn2)c([N+](=O)[O-])cn1.